The largest absolute Gasteiger partial charge is 0.456 e. The van der Waals surface area contributed by atoms with E-state index in [1.165, 1.54) is 21.9 Å². The van der Waals surface area contributed by atoms with E-state index in [-0.39, 0.29) is 6.17 Å². The average molecular weight is 744 g/mol. The van der Waals surface area contributed by atoms with Crippen LogP contribution in [0.2, 0.25) is 0 Å². The number of hydrogen-bond acceptors (Lipinski definition) is 4. The number of para-hydroxylation sites is 2. The lowest BCUT2D eigenvalue weighted by Crippen LogP contribution is -2.39. The minimum Gasteiger partial charge on any atom is -0.456 e. The van der Waals surface area contributed by atoms with Crippen molar-refractivity contribution in [3.8, 4) is 22.3 Å². The van der Waals surface area contributed by atoms with Crippen LogP contribution in [0.3, 0.4) is 0 Å². The number of rotatable bonds is 7. The predicted molar refractivity (Wildman–Crippen MR) is 239 cm³/mol. The number of nitrogens with one attached hydrogen (secondary N) is 1. The van der Waals surface area contributed by atoms with Crippen molar-refractivity contribution in [2.45, 2.75) is 6.17 Å². The second kappa shape index (κ2) is 14.1. The maximum absolute atomic E-state index is 6.78. The molecule has 1 aromatic heterocycles. The average Bonchev–Trinajstić information content (AvgIpc) is 3.69. The second-order valence-corrected chi connectivity index (χ2v) is 14.8. The molecule has 11 rings (SSSR count). The summed E-state index contributed by atoms with van der Waals surface area (Å²) in [4.78, 5) is 7.62. The second-order valence-electron chi connectivity index (χ2n) is 14.8. The van der Waals surface area contributed by atoms with Gasteiger partial charge in [-0.3, -0.25) is 4.99 Å². The third kappa shape index (κ3) is 5.91. The van der Waals surface area contributed by atoms with Crippen LogP contribution in [0.15, 0.2) is 222 Å². The number of fused-ring (bicyclic) bond motifs is 6. The summed E-state index contributed by atoms with van der Waals surface area (Å²) in [5.74, 6) is 0. The zero-order valence-corrected chi connectivity index (χ0v) is 31.6. The Bertz CT molecular complexity index is 3250. The molecule has 1 aliphatic heterocycles. The summed E-state index contributed by atoms with van der Waals surface area (Å²) in [6.07, 6.45) is -0.331. The first-order valence-corrected chi connectivity index (χ1v) is 19.7. The van der Waals surface area contributed by atoms with Gasteiger partial charge in [-0.25, -0.2) is 0 Å². The fourth-order valence-electron chi connectivity index (χ4n) is 8.53. The van der Waals surface area contributed by atoms with Gasteiger partial charge in [-0.1, -0.05) is 152 Å². The van der Waals surface area contributed by atoms with Gasteiger partial charge in [0.2, 0.25) is 0 Å². The van der Waals surface area contributed by atoms with Crippen molar-refractivity contribution < 1.29 is 4.42 Å². The van der Waals surface area contributed by atoms with E-state index in [1.54, 1.807) is 0 Å². The topological polar surface area (TPSA) is 40.8 Å². The van der Waals surface area contributed by atoms with Crippen molar-refractivity contribution >= 4 is 55.5 Å². The molecular weight excluding hydrogens is 707 g/mol. The summed E-state index contributed by atoms with van der Waals surface area (Å²) in [5, 5.41) is 10.5. The molecule has 0 radical (unpaired) electrons. The van der Waals surface area contributed by atoms with Crippen LogP contribution >= 0.6 is 0 Å². The third-order valence-electron chi connectivity index (χ3n) is 11.2. The molecule has 0 aliphatic carbocycles. The summed E-state index contributed by atoms with van der Waals surface area (Å²) >= 11 is 0. The molecule has 2 heterocycles. The first kappa shape index (κ1) is 33.6. The van der Waals surface area contributed by atoms with Gasteiger partial charge < -0.3 is 14.6 Å². The van der Waals surface area contributed by atoms with Crippen molar-refractivity contribution in [1.82, 2.24) is 5.32 Å². The summed E-state index contributed by atoms with van der Waals surface area (Å²) in [7, 11) is 0. The van der Waals surface area contributed by atoms with E-state index in [4.69, 9.17) is 9.41 Å². The van der Waals surface area contributed by atoms with Gasteiger partial charge in [0.1, 0.15) is 17.3 Å². The van der Waals surface area contributed by atoms with Crippen molar-refractivity contribution in [2.75, 3.05) is 4.90 Å². The summed E-state index contributed by atoms with van der Waals surface area (Å²) < 4.78 is 6.78. The fraction of sp³-hybridized carbons (Fsp3) is 0.0185. The van der Waals surface area contributed by atoms with Gasteiger partial charge in [-0.15, -0.1) is 0 Å². The van der Waals surface area contributed by atoms with Gasteiger partial charge in [0.25, 0.3) is 0 Å². The molecule has 10 aromatic rings. The Morgan fingerprint density at radius 1 is 0.448 bits per heavy atom. The number of furan rings is 1. The molecule has 0 spiro atoms. The van der Waals surface area contributed by atoms with Crippen LogP contribution < -0.4 is 20.8 Å². The molecule has 0 fully saturated rings. The number of anilines is 3. The molecule has 4 heteroatoms. The number of hydrogen-bond donors (Lipinski definition) is 1. The first-order chi connectivity index (χ1) is 28.7. The van der Waals surface area contributed by atoms with E-state index in [2.05, 4.69) is 223 Å². The summed E-state index contributed by atoms with van der Waals surface area (Å²) in [6, 6.07) is 75.1. The van der Waals surface area contributed by atoms with Crippen LogP contribution in [0.5, 0.6) is 0 Å². The molecule has 0 amide bonds. The zero-order valence-electron chi connectivity index (χ0n) is 31.6. The van der Waals surface area contributed by atoms with Crippen molar-refractivity contribution in [2.24, 2.45) is 4.99 Å². The maximum atomic E-state index is 6.78. The van der Waals surface area contributed by atoms with Gasteiger partial charge in [0, 0.05) is 38.6 Å². The van der Waals surface area contributed by atoms with Gasteiger partial charge >= 0.3 is 0 Å². The zero-order chi connectivity index (χ0) is 38.4. The molecule has 274 valence electrons. The van der Waals surface area contributed by atoms with Gasteiger partial charge in [-0.05, 0) is 99.3 Å². The lowest BCUT2D eigenvalue weighted by atomic mass is 9.93. The molecule has 9 aromatic carbocycles. The molecule has 1 atom stereocenters. The molecule has 1 unspecified atom stereocenters. The van der Waals surface area contributed by atoms with Gasteiger partial charge in [0.15, 0.2) is 0 Å². The Morgan fingerprint density at radius 2 is 1.10 bits per heavy atom. The minimum atomic E-state index is -0.331. The number of benzene rings is 9. The Labute approximate surface area is 336 Å². The lowest BCUT2D eigenvalue weighted by molar-refractivity contribution is 0.629. The molecule has 58 heavy (non-hydrogen) atoms. The van der Waals surface area contributed by atoms with Crippen LogP contribution in [0.25, 0.3) is 60.7 Å². The minimum absolute atomic E-state index is 0.331. The van der Waals surface area contributed by atoms with Crippen LogP contribution in [-0.2, 0) is 0 Å². The van der Waals surface area contributed by atoms with Crippen molar-refractivity contribution in [3.63, 3.8) is 0 Å². The van der Waals surface area contributed by atoms with E-state index in [0.717, 1.165) is 77.5 Å². The third-order valence-corrected chi connectivity index (χ3v) is 11.2. The Balaban J connectivity index is 1.08. The van der Waals surface area contributed by atoms with Crippen LogP contribution in [0.4, 0.5) is 17.1 Å². The van der Waals surface area contributed by atoms with Crippen LogP contribution in [-0.4, -0.2) is 0 Å². The van der Waals surface area contributed by atoms with Gasteiger partial charge in [0.05, 0.1) is 11.1 Å². The highest BCUT2D eigenvalue weighted by Gasteiger charge is 2.23. The van der Waals surface area contributed by atoms with E-state index in [1.807, 2.05) is 0 Å². The van der Waals surface area contributed by atoms with Gasteiger partial charge in [-0.2, -0.15) is 0 Å². The smallest absolute Gasteiger partial charge is 0.145 e. The maximum Gasteiger partial charge on any atom is 0.145 e. The quantitative estimate of drug-likeness (QED) is 0.177. The predicted octanol–water partition coefficient (Wildman–Crippen LogP) is 12.6. The highest BCUT2D eigenvalue weighted by Crippen LogP contribution is 2.43. The lowest BCUT2D eigenvalue weighted by Gasteiger charge is -2.26. The molecule has 1 aliphatic rings. The normalized spacial score (nSPS) is 13.6. The van der Waals surface area contributed by atoms with Crippen LogP contribution in [0.1, 0.15) is 17.3 Å². The molecule has 0 bridgehead atoms. The van der Waals surface area contributed by atoms with E-state index < -0.39 is 0 Å². The van der Waals surface area contributed by atoms with E-state index in [9.17, 15) is 0 Å². The molecule has 0 saturated carbocycles. The van der Waals surface area contributed by atoms with E-state index >= 15 is 0 Å². The highest BCUT2D eigenvalue weighted by atomic mass is 16.3. The molecule has 4 nitrogen and oxygen atoms in total. The monoisotopic (exact) mass is 743 g/mol. The number of nitrogens with zero attached hydrogens (tertiary/aromatic N) is 2. The standard InChI is InChI=1S/C54H37N3O/c1-4-15-36(16-5-1)40-20-14-23-44(33-40)57(42-21-8-3-9-22-42)43-30-27-38(28-31-43)47-34-41(35-50-52(47)51-45-24-11-10-17-37(45)29-32-49(51)58-50)54-55-48-26-13-12-25-46(48)53(56-54)39-18-6-2-7-19-39/h1-35,54,56H. The Morgan fingerprint density at radius 3 is 1.91 bits per heavy atom. The Hall–Kier alpha value is -7.69. The molecule has 0 saturated heterocycles. The first-order valence-electron chi connectivity index (χ1n) is 19.7. The van der Waals surface area contributed by atoms with Crippen molar-refractivity contribution in [1.29, 1.82) is 0 Å². The molecule has 1 N–H and O–H groups in total. The SMILES string of the molecule is c1ccc(C2=c3ccccc3=NC(c3cc(-c4ccc(N(c5ccccc5)c5cccc(-c6ccccc6)c5)cc4)c4c(c3)oc3ccc5ccccc5c34)N2)cc1. The highest BCUT2D eigenvalue weighted by molar-refractivity contribution is 6.22. The van der Waals surface area contributed by atoms with Crippen molar-refractivity contribution in [3.05, 3.63) is 234 Å². The molecular formula is C54H37N3O. The summed E-state index contributed by atoms with van der Waals surface area (Å²) in [5.41, 5.74) is 12.7. The summed E-state index contributed by atoms with van der Waals surface area (Å²) in [6.45, 7) is 0. The Kier molecular flexibility index (Phi) is 8.18. The fourth-order valence-corrected chi connectivity index (χ4v) is 8.53. The van der Waals surface area contributed by atoms with E-state index in [0.29, 0.717) is 0 Å². The van der Waals surface area contributed by atoms with Crippen LogP contribution in [0, 0.1) is 0 Å².